The molecule has 3 heterocycles. The van der Waals surface area contributed by atoms with E-state index in [1.54, 1.807) is 12.1 Å². The number of thioether (sulfide) groups is 1. The molecule has 1 aromatic carbocycles. The number of carbonyl (C=O) groups is 1. The number of benzene rings is 1. The lowest BCUT2D eigenvalue weighted by Gasteiger charge is -2.33. The third-order valence-electron chi connectivity index (χ3n) is 5.08. The Morgan fingerprint density at radius 1 is 1.07 bits per heavy atom. The Labute approximate surface area is 175 Å². The molecule has 0 amide bonds. The molecule has 2 aromatic rings. The number of sulfonamides is 1. The highest BCUT2D eigenvalue weighted by Crippen LogP contribution is 2.29. The van der Waals surface area contributed by atoms with E-state index in [0.717, 1.165) is 6.54 Å². The van der Waals surface area contributed by atoms with Gasteiger partial charge in [0.25, 0.3) is 0 Å². The molecule has 0 saturated carbocycles. The van der Waals surface area contributed by atoms with Gasteiger partial charge in [-0.15, -0.1) is 0 Å². The summed E-state index contributed by atoms with van der Waals surface area (Å²) in [5, 5.41) is 0.364. The average Bonchev–Trinajstić information content (AvgIpc) is 3.14. The van der Waals surface area contributed by atoms with Gasteiger partial charge < -0.3 is 4.74 Å². The molecule has 1 aromatic heterocycles. The van der Waals surface area contributed by atoms with Gasteiger partial charge in [0, 0.05) is 45.3 Å². The fourth-order valence-corrected chi connectivity index (χ4v) is 5.74. The van der Waals surface area contributed by atoms with Gasteiger partial charge in [-0.05, 0) is 17.7 Å². The molecule has 2 fully saturated rings. The maximum atomic E-state index is 12.9. The summed E-state index contributed by atoms with van der Waals surface area (Å²) < 4.78 is 32.4. The third kappa shape index (κ3) is 4.80. The molecule has 2 saturated heterocycles. The van der Waals surface area contributed by atoms with Crippen LogP contribution in [0.3, 0.4) is 0 Å². The van der Waals surface area contributed by atoms with Crippen LogP contribution in [-0.2, 0) is 26.1 Å². The average molecular weight is 434 g/mol. The Bertz CT molecular complexity index is 943. The van der Waals surface area contributed by atoms with E-state index >= 15 is 0 Å². The third-order valence-corrected chi connectivity index (χ3v) is 8.16. The van der Waals surface area contributed by atoms with Gasteiger partial charge in [0.1, 0.15) is 10.1 Å². The van der Waals surface area contributed by atoms with Crippen molar-refractivity contribution >= 4 is 27.8 Å². The number of esters is 1. The van der Waals surface area contributed by atoms with Gasteiger partial charge in [-0.3, -0.25) is 9.69 Å². The monoisotopic (exact) mass is 433 g/mol. The number of aromatic nitrogens is 1. The molecule has 0 spiro atoms. The Hall–Kier alpha value is -1.94. The fraction of sp³-hybridized carbons (Fsp3) is 0.400. The van der Waals surface area contributed by atoms with Crippen molar-refractivity contribution < 1.29 is 17.9 Å². The summed E-state index contributed by atoms with van der Waals surface area (Å²) >= 11 is 1.31. The maximum absolute atomic E-state index is 12.9. The molecule has 2 aliphatic heterocycles. The van der Waals surface area contributed by atoms with Crippen molar-refractivity contribution in [1.29, 1.82) is 0 Å². The second-order valence-corrected chi connectivity index (χ2v) is 10.2. The van der Waals surface area contributed by atoms with E-state index in [1.807, 2.05) is 18.2 Å². The predicted octanol–water partition coefficient (Wildman–Crippen LogP) is 2.00. The van der Waals surface area contributed by atoms with Crippen molar-refractivity contribution in [3.63, 3.8) is 0 Å². The van der Waals surface area contributed by atoms with Gasteiger partial charge >= 0.3 is 5.97 Å². The lowest BCUT2D eigenvalue weighted by Crippen LogP contribution is -2.48. The summed E-state index contributed by atoms with van der Waals surface area (Å²) in [5.74, 6) is -0.234. The first-order valence-electron chi connectivity index (χ1n) is 9.58. The number of ether oxygens (including phenoxy) is 1. The Morgan fingerprint density at radius 2 is 1.83 bits per heavy atom. The van der Waals surface area contributed by atoms with Crippen LogP contribution in [0.15, 0.2) is 58.6 Å². The lowest BCUT2D eigenvalue weighted by atomic mass is 10.2. The first-order chi connectivity index (χ1) is 14.0. The molecule has 154 valence electrons. The molecular weight excluding hydrogens is 410 g/mol. The topological polar surface area (TPSA) is 79.8 Å². The molecule has 0 N–H and O–H groups in total. The van der Waals surface area contributed by atoms with Gasteiger partial charge in [-0.1, -0.05) is 42.1 Å². The smallest absolute Gasteiger partial charge is 0.319 e. The van der Waals surface area contributed by atoms with Crippen LogP contribution in [0.2, 0.25) is 0 Å². The first kappa shape index (κ1) is 20.3. The second kappa shape index (κ2) is 8.83. The number of piperazine rings is 1. The molecule has 0 bridgehead atoms. The van der Waals surface area contributed by atoms with Crippen molar-refractivity contribution in [1.82, 2.24) is 14.2 Å². The Kier molecular flexibility index (Phi) is 6.19. The van der Waals surface area contributed by atoms with Gasteiger partial charge in [-0.2, -0.15) is 4.31 Å². The number of pyridine rings is 1. The van der Waals surface area contributed by atoms with E-state index in [0.29, 0.717) is 44.2 Å². The summed E-state index contributed by atoms with van der Waals surface area (Å²) in [6.45, 7) is 3.56. The minimum atomic E-state index is -3.57. The lowest BCUT2D eigenvalue weighted by molar-refractivity contribution is -0.137. The molecule has 29 heavy (non-hydrogen) atoms. The van der Waals surface area contributed by atoms with E-state index in [4.69, 9.17) is 4.74 Å². The van der Waals surface area contributed by atoms with Gasteiger partial charge in [0.05, 0.1) is 11.6 Å². The predicted molar refractivity (Wildman–Crippen MR) is 110 cm³/mol. The highest BCUT2D eigenvalue weighted by Gasteiger charge is 2.30. The largest absolute Gasteiger partial charge is 0.465 e. The van der Waals surface area contributed by atoms with Crippen LogP contribution in [-0.4, -0.2) is 66.6 Å². The normalized spacial score (nSPS) is 21.2. The zero-order valence-corrected chi connectivity index (χ0v) is 17.6. The van der Waals surface area contributed by atoms with Crippen molar-refractivity contribution in [3.8, 4) is 0 Å². The van der Waals surface area contributed by atoms with Crippen molar-refractivity contribution in [2.24, 2.45) is 0 Å². The van der Waals surface area contributed by atoms with Crippen molar-refractivity contribution in [2.75, 3.05) is 32.8 Å². The summed E-state index contributed by atoms with van der Waals surface area (Å²) in [6, 6.07) is 13.4. The van der Waals surface area contributed by atoms with Crippen LogP contribution in [0, 0.1) is 0 Å². The first-order valence-corrected chi connectivity index (χ1v) is 11.9. The molecule has 4 rings (SSSR count). The van der Waals surface area contributed by atoms with E-state index in [2.05, 4.69) is 22.0 Å². The number of hydrogen-bond donors (Lipinski definition) is 0. The van der Waals surface area contributed by atoms with Crippen LogP contribution < -0.4 is 0 Å². The summed E-state index contributed by atoms with van der Waals surface area (Å²) in [6.07, 6.45) is 2.03. The fourth-order valence-electron chi connectivity index (χ4n) is 3.44. The van der Waals surface area contributed by atoms with E-state index < -0.39 is 10.0 Å². The van der Waals surface area contributed by atoms with Crippen molar-refractivity contribution in [2.45, 2.75) is 28.1 Å². The quantitative estimate of drug-likeness (QED) is 0.645. The standard InChI is InChI=1S/C20H23N3O4S2/c24-20-18(8-13-27-20)28-19-7-6-17(14-21-19)29(25,26)23-11-9-22(10-12-23)15-16-4-2-1-3-5-16/h1-7,14,18H,8-13,15H2. The number of cyclic esters (lactones) is 1. The van der Waals surface area contributed by atoms with Crippen LogP contribution in [0.25, 0.3) is 0 Å². The number of carbonyl (C=O) groups excluding carboxylic acids is 1. The van der Waals surface area contributed by atoms with Crippen LogP contribution in [0.1, 0.15) is 12.0 Å². The zero-order chi connectivity index (χ0) is 20.3. The zero-order valence-electron chi connectivity index (χ0n) is 15.9. The molecule has 7 nitrogen and oxygen atoms in total. The van der Waals surface area contributed by atoms with E-state index in [9.17, 15) is 13.2 Å². The maximum Gasteiger partial charge on any atom is 0.319 e. The second-order valence-electron chi connectivity index (χ2n) is 7.06. The van der Waals surface area contributed by atoms with Crippen molar-refractivity contribution in [3.05, 3.63) is 54.2 Å². The summed E-state index contributed by atoms with van der Waals surface area (Å²) in [4.78, 5) is 18.3. The van der Waals surface area contributed by atoms with Gasteiger partial charge in [-0.25, -0.2) is 13.4 Å². The molecular formula is C20H23N3O4S2. The van der Waals surface area contributed by atoms with Crippen LogP contribution >= 0.6 is 11.8 Å². The number of nitrogens with zero attached hydrogens (tertiary/aromatic N) is 3. The van der Waals surface area contributed by atoms with Crippen LogP contribution in [0.5, 0.6) is 0 Å². The molecule has 0 aliphatic carbocycles. The van der Waals surface area contributed by atoms with E-state index in [-0.39, 0.29) is 16.1 Å². The molecule has 1 unspecified atom stereocenters. The molecule has 1 atom stereocenters. The minimum Gasteiger partial charge on any atom is -0.465 e. The molecule has 2 aliphatic rings. The Balaban J connectivity index is 1.35. The van der Waals surface area contributed by atoms with Crippen LogP contribution in [0.4, 0.5) is 0 Å². The number of hydrogen-bond acceptors (Lipinski definition) is 7. The summed E-state index contributed by atoms with van der Waals surface area (Å²) in [5.41, 5.74) is 1.23. The summed E-state index contributed by atoms with van der Waals surface area (Å²) in [7, 11) is -3.57. The molecule has 0 radical (unpaired) electrons. The number of rotatable bonds is 6. The highest BCUT2D eigenvalue weighted by molar-refractivity contribution is 8.00. The molecule has 9 heteroatoms. The van der Waals surface area contributed by atoms with Gasteiger partial charge in [0.15, 0.2) is 0 Å². The highest BCUT2D eigenvalue weighted by atomic mass is 32.2. The van der Waals surface area contributed by atoms with E-state index in [1.165, 1.54) is 27.8 Å². The SMILES string of the molecule is O=C1OCCC1Sc1ccc(S(=O)(=O)N2CCN(Cc3ccccc3)CC2)cn1. The minimum absolute atomic E-state index is 0.187. The van der Waals surface area contributed by atoms with Gasteiger partial charge in [0.2, 0.25) is 10.0 Å². The Morgan fingerprint density at radius 3 is 2.45 bits per heavy atom.